The molecule has 6 nitrogen and oxygen atoms in total. The molecule has 0 spiro atoms. The van der Waals surface area contributed by atoms with Gasteiger partial charge < -0.3 is 19.1 Å². The lowest BCUT2D eigenvalue weighted by Gasteiger charge is -2.21. The number of carbonyl (C=O) groups is 2. The van der Waals surface area contributed by atoms with Gasteiger partial charge in [0, 0.05) is 26.1 Å². The number of benzene rings is 2. The fourth-order valence-corrected chi connectivity index (χ4v) is 2.60. The second-order valence-electron chi connectivity index (χ2n) is 6.20. The Balaban J connectivity index is 2.05. The Kier molecular flexibility index (Phi) is 7.23. The number of rotatable bonds is 8. The minimum absolute atomic E-state index is 0.152. The van der Waals surface area contributed by atoms with E-state index < -0.39 is 12.1 Å². The van der Waals surface area contributed by atoms with Crippen molar-refractivity contribution in [3.05, 3.63) is 59.7 Å². The molecule has 0 saturated carbocycles. The van der Waals surface area contributed by atoms with E-state index in [4.69, 9.17) is 14.2 Å². The summed E-state index contributed by atoms with van der Waals surface area (Å²) in [7, 11) is 6.40. The Labute approximate surface area is 159 Å². The van der Waals surface area contributed by atoms with Gasteiger partial charge in [-0.2, -0.15) is 0 Å². The van der Waals surface area contributed by atoms with Crippen LogP contribution in [0.15, 0.2) is 48.5 Å². The third kappa shape index (κ3) is 5.48. The summed E-state index contributed by atoms with van der Waals surface area (Å²) in [5.41, 5.74) is 1.57. The van der Waals surface area contributed by atoms with Crippen molar-refractivity contribution in [2.75, 3.05) is 28.3 Å². The van der Waals surface area contributed by atoms with Gasteiger partial charge in [-0.3, -0.25) is 9.59 Å². The molecule has 0 bridgehead atoms. The van der Waals surface area contributed by atoms with Crippen molar-refractivity contribution in [1.29, 1.82) is 0 Å². The summed E-state index contributed by atoms with van der Waals surface area (Å²) in [4.78, 5) is 26.2. The Morgan fingerprint density at radius 1 is 0.963 bits per heavy atom. The zero-order chi connectivity index (χ0) is 19.8. The molecule has 2 aromatic carbocycles. The first kappa shape index (κ1) is 20.3. The standard InChI is InChI=1S/C21H25NO5/c1-22(2)21(24)20(16-8-6-5-7-9-16)27-19(23)13-11-15-10-12-17(25-3)18(14-15)26-4/h5-10,12,14,20H,11,13H2,1-4H3/t20-/m1/s1. The van der Waals surface area contributed by atoms with Gasteiger partial charge in [0.2, 0.25) is 6.10 Å². The quantitative estimate of drug-likeness (QED) is 0.668. The van der Waals surface area contributed by atoms with E-state index in [9.17, 15) is 9.59 Å². The number of ether oxygens (including phenoxy) is 3. The molecule has 2 aromatic rings. The summed E-state index contributed by atoms with van der Waals surface area (Å²) in [6.07, 6.45) is -0.324. The highest BCUT2D eigenvalue weighted by Crippen LogP contribution is 2.28. The van der Waals surface area contributed by atoms with Gasteiger partial charge in [0.25, 0.3) is 5.91 Å². The highest BCUT2D eigenvalue weighted by Gasteiger charge is 2.26. The first-order chi connectivity index (χ1) is 13.0. The van der Waals surface area contributed by atoms with Gasteiger partial charge in [0.05, 0.1) is 14.2 Å². The third-order valence-electron chi connectivity index (χ3n) is 4.08. The number of hydrogen-bond donors (Lipinski definition) is 0. The number of amides is 1. The number of methoxy groups -OCH3 is 2. The van der Waals surface area contributed by atoms with Gasteiger partial charge in [-0.1, -0.05) is 36.4 Å². The lowest BCUT2D eigenvalue weighted by molar-refractivity contribution is -0.159. The molecule has 0 aromatic heterocycles. The smallest absolute Gasteiger partial charge is 0.307 e. The summed E-state index contributed by atoms with van der Waals surface area (Å²) >= 11 is 0. The molecule has 0 N–H and O–H groups in total. The minimum atomic E-state index is -0.945. The molecule has 1 amide bonds. The van der Waals surface area contributed by atoms with Gasteiger partial charge in [0.15, 0.2) is 11.5 Å². The van der Waals surface area contributed by atoms with Crippen molar-refractivity contribution in [2.24, 2.45) is 0 Å². The summed E-state index contributed by atoms with van der Waals surface area (Å²) in [5, 5.41) is 0. The van der Waals surface area contributed by atoms with Crippen LogP contribution in [0.4, 0.5) is 0 Å². The summed E-state index contributed by atoms with van der Waals surface area (Å²) in [6, 6.07) is 14.5. The van der Waals surface area contributed by atoms with Gasteiger partial charge in [-0.25, -0.2) is 0 Å². The van der Waals surface area contributed by atoms with Crippen LogP contribution in [0.2, 0.25) is 0 Å². The largest absolute Gasteiger partial charge is 0.493 e. The predicted octanol–water partition coefficient (Wildman–Crippen LogP) is 3.01. The summed E-state index contributed by atoms with van der Waals surface area (Å²) < 4.78 is 16.0. The SMILES string of the molecule is COc1ccc(CCC(=O)O[C@@H](C(=O)N(C)C)c2ccccc2)cc1OC. The Morgan fingerprint density at radius 3 is 2.22 bits per heavy atom. The highest BCUT2D eigenvalue weighted by molar-refractivity contribution is 5.84. The van der Waals surface area contributed by atoms with E-state index in [1.54, 1.807) is 46.5 Å². The van der Waals surface area contributed by atoms with Crippen LogP contribution < -0.4 is 9.47 Å². The van der Waals surface area contributed by atoms with E-state index in [1.165, 1.54) is 4.90 Å². The highest BCUT2D eigenvalue weighted by atomic mass is 16.5. The van der Waals surface area contributed by atoms with Crippen molar-refractivity contribution < 1.29 is 23.8 Å². The second-order valence-corrected chi connectivity index (χ2v) is 6.20. The molecule has 0 radical (unpaired) electrons. The average molecular weight is 371 g/mol. The third-order valence-corrected chi connectivity index (χ3v) is 4.08. The Hall–Kier alpha value is -3.02. The number of carbonyl (C=O) groups excluding carboxylic acids is 2. The molecule has 2 rings (SSSR count). The van der Waals surface area contributed by atoms with Gasteiger partial charge in [-0.15, -0.1) is 0 Å². The maximum absolute atomic E-state index is 12.4. The van der Waals surface area contributed by atoms with Crippen LogP contribution >= 0.6 is 0 Å². The topological polar surface area (TPSA) is 65.1 Å². The van der Waals surface area contributed by atoms with E-state index >= 15 is 0 Å². The molecule has 0 aliphatic carbocycles. The molecular weight excluding hydrogens is 346 g/mol. The van der Waals surface area contributed by atoms with E-state index in [1.807, 2.05) is 30.3 Å². The second kappa shape index (κ2) is 9.62. The van der Waals surface area contributed by atoms with Crippen LogP contribution in [0.5, 0.6) is 11.5 Å². The molecular formula is C21H25NO5. The van der Waals surface area contributed by atoms with Crippen molar-refractivity contribution in [3.63, 3.8) is 0 Å². The zero-order valence-electron chi connectivity index (χ0n) is 16.1. The number of hydrogen-bond acceptors (Lipinski definition) is 5. The van der Waals surface area contributed by atoms with Crippen LogP contribution in [0.25, 0.3) is 0 Å². The van der Waals surface area contributed by atoms with E-state index in [0.717, 1.165) is 5.56 Å². The van der Waals surface area contributed by atoms with Crippen molar-refractivity contribution >= 4 is 11.9 Å². The molecule has 0 heterocycles. The normalized spacial score (nSPS) is 11.4. The van der Waals surface area contributed by atoms with Crippen LogP contribution in [0.1, 0.15) is 23.7 Å². The average Bonchev–Trinajstić information content (AvgIpc) is 2.70. The van der Waals surface area contributed by atoms with Gasteiger partial charge in [-0.05, 0) is 24.1 Å². The lowest BCUT2D eigenvalue weighted by atomic mass is 10.1. The lowest BCUT2D eigenvalue weighted by Crippen LogP contribution is -2.31. The molecule has 0 aliphatic rings. The monoisotopic (exact) mass is 371 g/mol. The number of esters is 1. The number of nitrogens with zero attached hydrogens (tertiary/aromatic N) is 1. The van der Waals surface area contributed by atoms with Crippen molar-refractivity contribution in [3.8, 4) is 11.5 Å². The molecule has 0 saturated heterocycles. The van der Waals surface area contributed by atoms with Crippen molar-refractivity contribution in [2.45, 2.75) is 18.9 Å². The fourth-order valence-electron chi connectivity index (χ4n) is 2.60. The van der Waals surface area contributed by atoms with Crippen LogP contribution in [0.3, 0.4) is 0 Å². The van der Waals surface area contributed by atoms with Crippen LogP contribution in [-0.2, 0) is 20.7 Å². The predicted molar refractivity (Wildman–Crippen MR) is 102 cm³/mol. The molecule has 144 valence electrons. The summed E-state index contributed by atoms with van der Waals surface area (Å²) in [5.74, 6) is 0.521. The molecule has 1 atom stereocenters. The maximum Gasteiger partial charge on any atom is 0.307 e. The van der Waals surface area contributed by atoms with Gasteiger partial charge >= 0.3 is 5.97 Å². The van der Waals surface area contributed by atoms with E-state index in [2.05, 4.69) is 0 Å². The van der Waals surface area contributed by atoms with Crippen molar-refractivity contribution in [1.82, 2.24) is 4.90 Å². The molecule has 0 unspecified atom stereocenters. The molecule has 0 aliphatic heterocycles. The fraction of sp³-hybridized carbons (Fsp3) is 0.333. The first-order valence-electron chi connectivity index (χ1n) is 8.62. The molecule has 6 heteroatoms. The van der Waals surface area contributed by atoms with Crippen LogP contribution in [-0.4, -0.2) is 45.1 Å². The van der Waals surface area contributed by atoms with E-state index in [0.29, 0.717) is 23.5 Å². The number of aryl methyl sites for hydroxylation is 1. The first-order valence-corrected chi connectivity index (χ1v) is 8.62. The molecule has 27 heavy (non-hydrogen) atoms. The zero-order valence-corrected chi connectivity index (χ0v) is 16.1. The van der Waals surface area contributed by atoms with E-state index in [-0.39, 0.29) is 12.3 Å². The molecule has 0 fully saturated rings. The van der Waals surface area contributed by atoms with Gasteiger partial charge in [0.1, 0.15) is 0 Å². The number of likely N-dealkylation sites (N-methyl/N-ethyl adjacent to an activating group) is 1. The maximum atomic E-state index is 12.4. The summed E-state index contributed by atoms with van der Waals surface area (Å²) in [6.45, 7) is 0. The minimum Gasteiger partial charge on any atom is -0.493 e. The Bertz CT molecular complexity index is 773. The van der Waals surface area contributed by atoms with Crippen LogP contribution in [0, 0.1) is 0 Å². The Morgan fingerprint density at radius 2 is 1.63 bits per heavy atom.